The summed E-state index contributed by atoms with van der Waals surface area (Å²) in [6.45, 7) is 4.55. The van der Waals surface area contributed by atoms with Crippen molar-refractivity contribution in [1.29, 1.82) is 0 Å². The Morgan fingerprint density at radius 1 is 0.812 bits per heavy atom. The molecule has 0 aliphatic carbocycles. The predicted molar refractivity (Wildman–Crippen MR) is 121 cm³/mol. The molecule has 0 radical (unpaired) electrons. The van der Waals surface area contributed by atoms with Crippen molar-refractivity contribution in [1.82, 2.24) is 4.90 Å². The summed E-state index contributed by atoms with van der Waals surface area (Å²) in [6.07, 6.45) is 0. The molecule has 3 aromatic carbocycles. The van der Waals surface area contributed by atoms with Gasteiger partial charge in [-0.15, -0.1) is 0 Å². The second kappa shape index (κ2) is 7.60. The van der Waals surface area contributed by atoms with E-state index in [2.05, 4.69) is 24.0 Å². The number of anilines is 1. The molecule has 6 nitrogen and oxygen atoms in total. The van der Waals surface area contributed by atoms with Crippen LogP contribution in [0.15, 0.2) is 76.5 Å². The minimum atomic E-state index is -3.87. The Morgan fingerprint density at radius 3 is 2.22 bits per heavy atom. The number of rotatable bonds is 2. The number of hydrogen-bond donors (Lipinski definition) is 0. The van der Waals surface area contributed by atoms with Gasteiger partial charge in [0.1, 0.15) is 0 Å². The van der Waals surface area contributed by atoms with E-state index in [1.165, 1.54) is 29.8 Å². The van der Waals surface area contributed by atoms with Crippen LogP contribution in [0.25, 0.3) is 0 Å². The minimum absolute atomic E-state index is 0.00561. The standard InChI is InChI=1S/C25H22N2O4S/c1-17-6-2-4-8-21(17)26-12-14-27(15-13-26)25(29)18-10-11-20-23(16-18)32(30,31)22-9-5-3-7-19(22)24(20)28/h2-11,16H,12-15H2,1H3. The second-order valence-electron chi connectivity index (χ2n) is 8.11. The number of nitrogens with zero attached hydrogens (tertiary/aromatic N) is 2. The van der Waals surface area contributed by atoms with Crippen LogP contribution in [-0.4, -0.2) is 51.2 Å². The highest BCUT2D eigenvalue weighted by atomic mass is 32.2. The topological polar surface area (TPSA) is 74.8 Å². The first-order chi connectivity index (χ1) is 15.4. The van der Waals surface area contributed by atoms with Gasteiger partial charge in [-0.3, -0.25) is 9.59 Å². The Balaban J connectivity index is 1.40. The first kappa shape index (κ1) is 20.5. The molecule has 2 aliphatic heterocycles. The maximum atomic E-state index is 13.2. The normalized spacial score (nSPS) is 17.0. The third-order valence-electron chi connectivity index (χ3n) is 6.21. The molecule has 1 saturated heterocycles. The Hall–Kier alpha value is -3.45. The third-order valence-corrected chi connectivity index (χ3v) is 8.06. The van der Waals surface area contributed by atoms with Crippen LogP contribution in [0.4, 0.5) is 5.69 Å². The Kier molecular flexibility index (Phi) is 4.86. The number of fused-ring (bicyclic) bond motifs is 2. The van der Waals surface area contributed by atoms with Gasteiger partial charge >= 0.3 is 0 Å². The van der Waals surface area contributed by atoms with Crippen molar-refractivity contribution in [2.24, 2.45) is 0 Å². The number of hydrogen-bond acceptors (Lipinski definition) is 5. The van der Waals surface area contributed by atoms with Crippen molar-refractivity contribution in [3.8, 4) is 0 Å². The molecule has 7 heteroatoms. The molecule has 162 valence electrons. The predicted octanol–water partition coefficient (Wildman–Crippen LogP) is 3.33. The second-order valence-corrected chi connectivity index (χ2v) is 9.99. The van der Waals surface area contributed by atoms with Gasteiger partial charge in [0.15, 0.2) is 5.78 Å². The van der Waals surface area contributed by atoms with Gasteiger partial charge in [0.25, 0.3) is 5.91 Å². The monoisotopic (exact) mass is 446 g/mol. The fraction of sp³-hybridized carbons (Fsp3) is 0.200. The first-order valence-corrected chi connectivity index (χ1v) is 12.0. The van der Waals surface area contributed by atoms with E-state index in [-0.39, 0.29) is 38.2 Å². The van der Waals surface area contributed by atoms with Gasteiger partial charge in [-0.1, -0.05) is 30.3 Å². The molecule has 3 aromatic rings. The molecular weight excluding hydrogens is 424 g/mol. The molecule has 32 heavy (non-hydrogen) atoms. The van der Waals surface area contributed by atoms with Crippen LogP contribution in [0.5, 0.6) is 0 Å². The number of amides is 1. The van der Waals surface area contributed by atoms with Crippen molar-refractivity contribution in [2.45, 2.75) is 16.7 Å². The number of carbonyl (C=O) groups excluding carboxylic acids is 2. The van der Waals surface area contributed by atoms with Gasteiger partial charge in [-0.05, 0) is 48.9 Å². The lowest BCUT2D eigenvalue weighted by atomic mass is 10.0. The average Bonchev–Trinajstić information content (AvgIpc) is 2.82. The van der Waals surface area contributed by atoms with Crippen LogP contribution < -0.4 is 4.90 Å². The van der Waals surface area contributed by atoms with Crippen molar-refractivity contribution in [3.63, 3.8) is 0 Å². The summed E-state index contributed by atoms with van der Waals surface area (Å²) in [5.74, 6) is -0.560. The fourth-order valence-electron chi connectivity index (χ4n) is 4.47. The summed E-state index contributed by atoms with van der Waals surface area (Å²) in [6, 6.07) is 18.7. The molecule has 0 saturated carbocycles. The smallest absolute Gasteiger partial charge is 0.254 e. The maximum Gasteiger partial charge on any atom is 0.254 e. The SMILES string of the molecule is Cc1ccccc1N1CCN(C(=O)c2ccc3c(c2)S(=O)(=O)c2ccccc2C3=O)CC1. The molecule has 1 fully saturated rings. The lowest BCUT2D eigenvalue weighted by Crippen LogP contribution is -2.49. The van der Waals surface area contributed by atoms with Gasteiger partial charge in [-0.2, -0.15) is 0 Å². The van der Waals surface area contributed by atoms with Gasteiger partial charge in [0, 0.05) is 48.6 Å². The Bertz CT molecular complexity index is 1360. The number of ketones is 1. The zero-order valence-electron chi connectivity index (χ0n) is 17.6. The lowest BCUT2D eigenvalue weighted by Gasteiger charge is -2.37. The summed E-state index contributed by atoms with van der Waals surface area (Å²) < 4.78 is 26.3. The van der Waals surface area contributed by atoms with Gasteiger partial charge in [-0.25, -0.2) is 8.42 Å². The molecular formula is C25H22N2O4S. The quantitative estimate of drug-likeness (QED) is 0.472. The largest absolute Gasteiger partial charge is 0.368 e. The zero-order valence-corrected chi connectivity index (χ0v) is 18.4. The van der Waals surface area contributed by atoms with E-state index in [9.17, 15) is 18.0 Å². The summed E-state index contributed by atoms with van der Waals surface area (Å²) in [5, 5.41) is 0. The number of benzene rings is 3. The van der Waals surface area contributed by atoms with E-state index < -0.39 is 9.84 Å². The van der Waals surface area contributed by atoms with Crippen molar-refractivity contribution in [2.75, 3.05) is 31.1 Å². The van der Waals surface area contributed by atoms with E-state index >= 15 is 0 Å². The van der Waals surface area contributed by atoms with Gasteiger partial charge in [0.2, 0.25) is 9.84 Å². The molecule has 2 aliphatic rings. The van der Waals surface area contributed by atoms with Crippen LogP contribution in [0.3, 0.4) is 0 Å². The number of sulfone groups is 1. The highest BCUT2D eigenvalue weighted by Gasteiger charge is 2.35. The van der Waals surface area contributed by atoms with E-state index in [0.29, 0.717) is 26.2 Å². The number of carbonyl (C=O) groups is 2. The Morgan fingerprint density at radius 2 is 1.47 bits per heavy atom. The molecule has 0 aromatic heterocycles. The number of aryl methyl sites for hydroxylation is 1. The molecule has 0 N–H and O–H groups in total. The third kappa shape index (κ3) is 3.20. The molecule has 0 unspecified atom stereocenters. The van der Waals surface area contributed by atoms with E-state index in [4.69, 9.17) is 0 Å². The van der Waals surface area contributed by atoms with Crippen LogP contribution in [0.1, 0.15) is 31.8 Å². The lowest BCUT2D eigenvalue weighted by molar-refractivity contribution is 0.0746. The van der Waals surface area contributed by atoms with Crippen molar-refractivity contribution >= 4 is 27.2 Å². The van der Waals surface area contributed by atoms with Crippen molar-refractivity contribution < 1.29 is 18.0 Å². The van der Waals surface area contributed by atoms with Crippen LogP contribution in [-0.2, 0) is 9.84 Å². The van der Waals surface area contributed by atoms with Crippen LogP contribution in [0.2, 0.25) is 0 Å². The van der Waals surface area contributed by atoms with Crippen molar-refractivity contribution in [3.05, 3.63) is 89.0 Å². The summed E-state index contributed by atoms with van der Waals surface area (Å²) >= 11 is 0. The molecule has 0 atom stereocenters. The highest BCUT2D eigenvalue weighted by Crippen LogP contribution is 2.35. The minimum Gasteiger partial charge on any atom is -0.368 e. The Labute approximate surface area is 187 Å². The van der Waals surface area contributed by atoms with E-state index in [0.717, 1.165) is 5.69 Å². The molecule has 5 rings (SSSR count). The number of para-hydroxylation sites is 1. The van der Waals surface area contributed by atoms with E-state index in [1.54, 1.807) is 23.1 Å². The summed E-state index contributed by atoms with van der Waals surface area (Å²) in [7, 11) is -3.87. The maximum absolute atomic E-state index is 13.2. The van der Waals surface area contributed by atoms with Crippen LogP contribution in [0, 0.1) is 6.92 Å². The number of piperazine rings is 1. The van der Waals surface area contributed by atoms with Crippen LogP contribution >= 0.6 is 0 Å². The summed E-state index contributed by atoms with van der Waals surface area (Å²) in [4.78, 5) is 29.9. The fourth-order valence-corrected chi connectivity index (χ4v) is 6.15. The average molecular weight is 447 g/mol. The molecule has 1 amide bonds. The molecule has 2 heterocycles. The molecule has 0 spiro atoms. The molecule has 0 bridgehead atoms. The summed E-state index contributed by atoms with van der Waals surface area (Å²) in [5.41, 5.74) is 2.92. The van der Waals surface area contributed by atoms with Gasteiger partial charge in [0.05, 0.1) is 9.79 Å². The first-order valence-electron chi connectivity index (χ1n) is 10.5. The highest BCUT2D eigenvalue weighted by molar-refractivity contribution is 7.91. The zero-order chi connectivity index (χ0) is 22.5. The van der Waals surface area contributed by atoms with E-state index in [1.807, 2.05) is 12.1 Å². The van der Waals surface area contributed by atoms with Gasteiger partial charge < -0.3 is 9.80 Å².